The number of nitrogens with zero attached hydrogens (tertiary/aromatic N) is 3. The molecule has 2 aromatic rings. The predicted molar refractivity (Wildman–Crippen MR) is 66.0 cm³/mol. The third-order valence-corrected chi connectivity index (χ3v) is 2.81. The molecule has 6 heteroatoms. The summed E-state index contributed by atoms with van der Waals surface area (Å²) in [6.45, 7) is 6.12. The maximum atomic E-state index is 11.8. The van der Waals surface area contributed by atoms with Crippen molar-refractivity contribution in [2.75, 3.05) is 0 Å². The summed E-state index contributed by atoms with van der Waals surface area (Å²) in [5, 5.41) is 9.79. The van der Waals surface area contributed by atoms with E-state index in [0.29, 0.717) is 12.2 Å². The van der Waals surface area contributed by atoms with Gasteiger partial charge >= 0.3 is 0 Å². The van der Waals surface area contributed by atoms with Crippen LogP contribution >= 0.6 is 0 Å². The van der Waals surface area contributed by atoms with Crippen LogP contribution in [0.3, 0.4) is 0 Å². The molecule has 0 aliphatic rings. The van der Waals surface area contributed by atoms with Gasteiger partial charge in [0, 0.05) is 11.4 Å². The van der Waals surface area contributed by atoms with Crippen LogP contribution in [0, 0.1) is 20.8 Å². The van der Waals surface area contributed by atoms with Crippen LogP contribution in [0.15, 0.2) is 12.4 Å². The van der Waals surface area contributed by atoms with Gasteiger partial charge in [0.15, 0.2) is 0 Å². The zero-order valence-electron chi connectivity index (χ0n) is 10.6. The fourth-order valence-corrected chi connectivity index (χ4v) is 1.54. The molecule has 0 saturated heterocycles. The van der Waals surface area contributed by atoms with E-state index < -0.39 is 0 Å². The molecule has 2 rings (SSSR count). The quantitative estimate of drug-likeness (QED) is 0.846. The standard InChI is InChI=1S/C12H15N5O/c1-7-4-10(15-6-14-7)12(18)13-5-11-8(2)9(3)16-17-11/h4,6H,5H2,1-3H3,(H,13,18)(H,16,17). The molecule has 0 aromatic carbocycles. The molecule has 0 atom stereocenters. The van der Waals surface area contributed by atoms with Crippen LogP contribution in [0.1, 0.15) is 33.1 Å². The molecule has 0 aliphatic carbocycles. The third kappa shape index (κ3) is 2.53. The summed E-state index contributed by atoms with van der Waals surface area (Å²) in [5.74, 6) is -0.222. The van der Waals surface area contributed by atoms with Crippen molar-refractivity contribution in [3.05, 3.63) is 40.7 Å². The minimum Gasteiger partial charge on any atom is -0.345 e. The van der Waals surface area contributed by atoms with E-state index >= 15 is 0 Å². The second kappa shape index (κ2) is 4.95. The van der Waals surface area contributed by atoms with E-state index in [1.807, 2.05) is 20.8 Å². The lowest BCUT2D eigenvalue weighted by Gasteiger charge is -2.03. The maximum Gasteiger partial charge on any atom is 0.270 e. The first-order valence-corrected chi connectivity index (χ1v) is 5.65. The van der Waals surface area contributed by atoms with E-state index in [1.54, 1.807) is 6.07 Å². The number of nitrogens with one attached hydrogen (secondary N) is 2. The summed E-state index contributed by atoms with van der Waals surface area (Å²) < 4.78 is 0. The number of aromatic amines is 1. The number of rotatable bonds is 3. The Balaban J connectivity index is 2.03. The van der Waals surface area contributed by atoms with Crippen molar-refractivity contribution in [2.45, 2.75) is 27.3 Å². The highest BCUT2D eigenvalue weighted by atomic mass is 16.1. The van der Waals surface area contributed by atoms with E-state index in [1.165, 1.54) is 6.33 Å². The number of hydrogen-bond acceptors (Lipinski definition) is 4. The molecule has 94 valence electrons. The molecule has 2 N–H and O–H groups in total. The lowest BCUT2D eigenvalue weighted by molar-refractivity contribution is 0.0945. The number of aryl methyl sites for hydroxylation is 2. The van der Waals surface area contributed by atoms with Gasteiger partial charge in [0.1, 0.15) is 12.0 Å². The zero-order chi connectivity index (χ0) is 13.1. The van der Waals surface area contributed by atoms with Crippen LogP contribution in [0.2, 0.25) is 0 Å². The largest absolute Gasteiger partial charge is 0.345 e. The number of aromatic nitrogens is 4. The first-order chi connectivity index (χ1) is 8.58. The SMILES string of the molecule is Cc1cc(C(=O)NCc2n[nH]c(C)c2C)ncn1. The molecule has 6 nitrogen and oxygen atoms in total. The Labute approximate surface area is 105 Å². The van der Waals surface area contributed by atoms with E-state index in [0.717, 1.165) is 22.6 Å². The van der Waals surface area contributed by atoms with Crippen molar-refractivity contribution in [2.24, 2.45) is 0 Å². The molecule has 0 radical (unpaired) electrons. The minimum atomic E-state index is -0.222. The highest BCUT2D eigenvalue weighted by Crippen LogP contribution is 2.07. The van der Waals surface area contributed by atoms with Gasteiger partial charge in [-0.1, -0.05) is 0 Å². The van der Waals surface area contributed by atoms with Crippen LogP contribution in [-0.2, 0) is 6.54 Å². The molecule has 0 bridgehead atoms. The summed E-state index contributed by atoms with van der Waals surface area (Å²) in [5.41, 5.74) is 4.05. The molecule has 0 saturated carbocycles. The number of carbonyl (C=O) groups is 1. The van der Waals surface area contributed by atoms with Gasteiger partial charge in [-0.25, -0.2) is 9.97 Å². The molecule has 2 heterocycles. The van der Waals surface area contributed by atoms with Gasteiger partial charge < -0.3 is 5.32 Å². The molecule has 1 amide bonds. The van der Waals surface area contributed by atoms with E-state index in [4.69, 9.17) is 0 Å². The van der Waals surface area contributed by atoms with Crippen molar-refractivity contribution >= 4 is 5.91 Å². The van der Waals surface area contributed by atoms with Gasteiger partial charge in [0.25, 0.3) is 5.91 Å². The number of amides is 1. The van der Waals surface area contributed by atoms with Crippen molar-refractivity contribution < 1.29 is 4.79 Å². The summed E-state index contributed by atoms with van der Waals surface area (Å²) in [6, 6.07) is 1.65. The van der Waals surface area contributed by atoms with Gasteiger partial charge in [0.2, 0.25) is 0 Å². The van der Waals surface area contributed by atoms with Crippen molar-refractivity contribution in [1.29, 1.82) is 0 Å². The lowest BCUT2D eigenvalue weighted by Crippen LogP contribution is -2.24. The van der Waals surface area contributed by atoms with E-state index in [-0.39, 0.29) is 5.91 Å². The van der Waals surface area contributed by atoms with Crippen molar-refractivity contribution in [3.8, 4) is 0 Å². The maximum absolute atomic E-state index is 11.8. The summed E-state index contributed by atoms with van der Waals surface area (Å²) in [4.78, 5) is 19.7. The molecule has 2 aromatic heterocycles. The van der Waals surface area contributed by atoms with Gasteiger partial charge in [-0.2, -0.15) is 5.10 Å². The smallest absolute Gasteiger partial charge is 0.270 e. The monoisotopic (exact) mass is 245 g/mol. The Hall–Kier alpha value is -2.24. The number of H-pyrrole nitrogens is 1. The minimum absolute atomic E-state index is 0.222. The molecule has 0 fully saturated rings. The fraction of sp³-hybridized carbons (Fsp3) is 0.333. The van der Waals surface area contributed by atoms with E-state index in [2.05, 4.69) is 25.5 Å². The molecular formula is C12H15N5O. The Kier molecular flexibility index (Phi) is 3.36. The van der Waals surface area contributed by atoms with Crippen molar-refractivity contribution in [3.63, 3.8) is 0 Å². The Morgan fingerprint density at radius 2 is 2.11 bits per heavy atom. The van der Waals surface area contributed by atoms with Gasteiger partial charge in [-0.05, 0) is 32.4 Å². The van der Waals surface area contributed by atoms with Crippen LogP contribution in [0.5, 0.6) is 0 Å². The van der Waals surface area contributed by atoms with Crippen LogP contribution < -0.4 is 5.32 Å². The van der Waals surface area contributed by atoms with Gasteiger partial charge in [-0.3, -0.25) is 9.89 Å². The normalized spacial score (nSPS) is 10.4. The molecule has 0 aliphatic heterocycles. The van der Waals surface area contributed by atoms with Gasteiger partial charge in [0.05, 0.1) is 12.2 Å². The highest BCUT2D eigenvalue weighted by Gasteiger charge is 2.10. The van der Waals surface area contributed by atoms with Gasteiger partial charge in [-0.15, -0.1) is 0 Å². The Morgan fingerprint density at radius 1 is 1.33 bits per heavy atom. The highest BCUT2D eigenvalue weighted by molar-refractivity contribution is 5.92. The zero-order valence-corrected chi connectivity index (χ0v) is 10.6. The molecule has 0 spiro atoms. The average Bonchev–Trinajstić information content (AvgIpc) is 2.67. The van der Waals surface area contributed by atoms with Crippen LogP contribution in [0.4, 0.5) is 0 Å². The van der Waals surface area contributed by atoms with Crippen LogP contribution in [0.25, 0.3) is 0 Å². The summed E-state index contributed by atoms with van der Waals surface area (Å²) in [6.07, 6.45) is 1.38. The van der Waals surface area contributed by atoms with Crippen LogP contribution in [-0.4, -0.2) is 26.1 Å². The van der Waals surface area contributed by atoms with E-state index in [9.17, 15) is 4.79 Å². The fourth-order valence-electron chi connectivity index (χ4n) is 1.54. The first kappa shape index (κ1) is 12.2. The third-order valence-electron chi connectivity index (χ3n) is 2.81. The molecule has 0 unspecified atom stereocenters. The number of hydrogen-bond donors (Lipinski definition) is 2. The predicted octanol–water partition coefficient (Wildman–Crippen LogP) is 1.05. The number of carbonyl (C=O) groups excluding carboxylic acids is 1. The van der Waals surface area contributed by atoms with Crippen molar-refractivity contribution in [1.82, 2.24) is 25.5 Å². The summed E-state index contributed by atoms with van der Waals surface area (Å²) in [7, 11) is 0. The molecule has 18 heavy (non-hydrogen) atoms. The second-order valence-corrected chi connectivity index (χ2v) is 4.15. The lowest BCUT2D eigenvalue weighted by atomic mass is 10.2. The molecular weight excluding hydrogens is 230 g/mol. The first-order valence-electron chi connectivity index (χ1n) is 5.65. The summed E-state index contributed by atoms with van der Waals surface area (Å²) >= 11 is 0. The Morgan fingerprint density at radius 3 is 2.72 bits per heavy atom. The second-order valence-electron chi connectivity index (χ2n) is 4.15. The average molecular weight is 245 g/mol. The Bertz CT molecular complexity index is 576. The topological polar surface area (TPSA) is 83.6 Å².